The highest BCUT2D eigenvalue weighted by Gasteiger charge is 2.28. The van der Waals surface area contributed by atoms with Gasteiger partial charge in [-0.2, -0.15) is 0 Å². The summed E-state index contributed by atoms with van der Waals surface area (Å²) in [5, 5.41) is 0. The van der Waals surface area contributed by atoms with Gasteiger partial charge in [0.2, 0.25) is 8.32 Å². The van der Waals surface area contributed by atoms with E-state index in [1.807, 2.05) is 0 Å². The topological polar surface area (TPSA) is 9.23 Å². The SMILES string of the molecule is CC1(CCC#C[Si](C)(C)C)C=C(O[Si](C)(C)C)CCC1. The first-order chi connectivity index (χ1) is 8.99. The molecular formula is C17H32OSi2. The van der Waals surface area contributed by atoms with Crippen molar-refractivity contribution < 1.29 is 4.43 Å². The van der Waals surface area contributed by atoms with Crippen molar-refractivity contribution in [1.29, 1.82) is 0 Å². The fraction of sp³-hybridized carbons (Fsp3) is 0.765. The molecule has 0 N–H and O–H groups in total. The predicted molar refractivity (Wildman–Crippen MR) is 94.8 cm³/mol. The Labute approximate surface area is 128 Å². The molecule has 0 saturated heterocycles. The van der Waals surface area contributed by atoms with E-state index < -0.39 is 16.4 Å². The zero-order valence-electron chi connectivity index (χ0n) is 14.5. The molecule has 0 bridgehead atoms. The molecule has 1 aliphatic rings. The second kappa shape index (κ2) is 6.53. The maximum absolute atomic E-state index is 6.21. The van der Waals surface area contributed by atoms with Crippen LogP contribution in [0.15, 0.2) is 11.8 Å². The van der Waals surface area contributed by atoms with Gasteiger partial charge in [0.05, 0.1) is 5.76 Å². The quantitative estimate of drug-likeness (QED) is 0.487. The zero-order valence-corrected chi connectivity index (χ0v) is 16.5. The smallest absolute Gasteiger partial charge is 0.241 e. The first-order valence-electron chi connectivity index (χ1n) is 7.90. The van der Waals surface area contributed by atoms with Crippen molar-refractivity contribution in [1.82, 2.24) is 0 Å². The van der Waals surface area contributed by atoms with E-state index >= 15 is 0 Å². The lowest BCUT2D eigenvalue weighted by Crippen LogP contribution is -2.27. The molecule has 1 rings (SSSR count). The third-order valence-corrected chi connectivity index (χ3v) is 5.20. The lowest BCUT2D eigenvalue weighted by molar-refractivity contribution is 0.285. The number of rotatable bonds is 4. The van der Waals surface area contributed by atoms with Gasteiger partial charge in [0.25, 0.3) is 0 Å². The van der Waals surface area contributed by atoms with E-state index in [1.54, 1.807) is 0 Å². The van der Waals surface area contributed by atoms with E-state index in [9.17, 15) is 0 Å². The minimum Gasteiger partial charge on any atom is -0.548 e. The molecule has 0 heterocycles. The number of allylic oxidation sites excluding steroid dienone is 2. The molecule has 0 aliphatic heterocycles. The van der Waals surface area contributed by atoms with E-state index in [0.717, 1.165) is 12.8 Å². The van der Waals surface area contributed by atoms with Crippen molar-refractivity contribution in [3.63, 3.8) is 0 Å². The van der Waals surface area contributed by atoms with E-state index in [2.05, 4.69) is 63.7 Å². The van der Waals surface area contributed by atoms with Crippen LogP contribution >= 0.6 is 0 Å². The minimum atomic E-state index is -1.46. The van der Waals surface area contributed by atoms with Gasteiger partial charge in [0.1, 0.15) is 8.07 Å². The van der Waals surface area contributed by atoms with Crippen molar-refractivity contribution in [3.05, 3.63) is 11.8 Å². The second-order valence-electron chi connectivity index (χ2n) is 8.38. The fourth-order valence-corrected chi connectivity index (χ4v) is 4.15. The molecule has 0 aromatic rings. The van der Waals surface area contributed by atoms with Crippen LogP contribution in [0.2, 0.25) is 39.3 Å². The van der Waals surface area contributed by atoms with Crippen LogP contribution in [0.3, 0.4) is 0 Å². The fourth-order valence-electron chi connectivity index (χ4n) is 2.55. The summed E-state index contributed by atoms with van der Waals surface area (Å²) in [5.41, 5.74) is 3.76. The Morgan fingerprint density at radius 3 is 2.40 bits per heavy atom. The normalized spacial score (nSPS) is 23.6. The summed E-state index contributed by atoms with van der Waals surface area (Å²) in [5.74, 6) is 4.66. The van der Waals surface area contributed by atoms with Gasteiger partial charge in [0, 0.05) is 12.8 Å². The Morgan fingerprint density at radius 1 is 1.20 bits per heavy atom. The summed E-state index contributed by atoms with van der Waals surface area (Å²) < 4.78 is 6.21. The van der Waals surface area contributed by atoms with E-state index in [4.69, 9.17) is 4.43 Å². The standard InChI is InChI=1S/C17H32OSi2/c1-17(12-8-9-14-19(2,3)4)13-10-11-16(15-17)18-20(5,6)7/h15H,8,10-13H2,1-7H3. The summed E-state index contributed by atoms with van der Waals surface area (Å²) in [6.45, 7) is 16.1. The van der Waals surface area contributed by atoms with E-state index in [-0.39, 0.29) is 0 Å². The number of hydrogen-bond donors (Lipinski definition) is 0. The average molecular weight is 309 g/mol. The average Bonchev–Trinajstić information content (AvgIpc) is 2.21. The van der Waals surface area contributed by atoms with Crippen molar-refractivity contribution >= 4 is 16.4 Å². The van der Waals surface area contributed by atoms with Gasteiger partial charge in [-0.1, -0.05) is 26.6 Å². The van der Waals surface area contributed by atoms with Crippen LogP contribution in [0, 0.1) is 16.9 Å². The van der Waals surface area contributed by atoms with Crippen molar-refractivity contribution in [2.24, 2.45) is 5.41 Å². The lowest BCUT2D eigenvalue weighted by atomic mass is 9.77. The monoisotopic (exact) mass is 308 g/mol. The summed E-state index contributed by atoms with van der Waals surface area (Å²) >= 11 is 0. The first kappa shape index (κ1) is 17.6. The van der Waals surface area contributed by atoms with Crippen LogP contribution in [-0.4, -0.2) is 16.4 Å². The Balaban J connectivity index is 2.63. The molecule has 1 atom stereocenters. The summed E-state index contributed by atoms with van der Waals surface area (Å²) in [7, 11) is -2.67. The van der Waals surface area contributed by atoms with Crippen molar-refractivity contribution in [3.8, 4) is 11.5 Å². The summed E-state index contributed by atoms with van der Waals surface area (Å²) in [4.78, 5) is 0. The molecule has 1 nitrogen and oxygen atoms in total. The molecule has 1 unspecified atom stereocenters. The van der Waals surface area contributed by atoms with Gasteiger partial charge in [0.15, 0.2) is 0 Å². The lowest BCUT2D eigenvalue weighted by Gasteiger charge is -2.33. The molecule has 3 heteroatoms. The Bertz CT molecular complexity index is 415. The van der Waals surface area contributed by atoms with Crippen LogP contribution in [-0.2, 0) is 4.43 Å². The Kier molecular flexibility index (Phi) is 5.74. The zero-order chi connectivity index (χ0) is 15.4. The Morgan fingerprint density at radius 2 is 1.85 bits per heavy atom. The van der Waals surface area contributed by atoms with Crippen LogP contribution in [0.1, 0.15) is 39.0 Å². The molecule has 0 aromatic heterocycles. The minimum absolute atomic E-state index is 0.293. The molecule has 0 saturated carbocycles. The largest absolute Gasteiger partial charge is 0.548 e. The predicted octanol–water partition coefficient (Wildman–Crippen LogP) is 5.57. The molecule has 20 heavy (non-hydrogen) atoms. The summed E-state index contributed by atoms with van der Waals surface area (Å²) in [6.07, 6.45) is 8.26. The Hall–Kier alpha value is -0.466. The molecule has 0 spiro atoms. The van der Waals surface area contributed by atoms with Crippen LogP contribution in [0.5, 0.6) is 0 Å². The van der Waals surface area contributed by atoms with Crippen LogP contribution in [0.25, 0.3) is 0 Å². The van der Waals surface area contributed by atoms with Gasteiger partial charge >= 0.3 is 0 Å². The van der Waals surface area contributed by atoms with Gasteiger partial charge < -0.3 is 4.43 Å². The summed E-state index contributed by atoms with van der Waals surface area (Å²) in [6, 6.07) is 0. The highest BCUT2D eigenvalue weighted by atomic mass is 28.4. The van der Waals surface area contributed by atoms with Gasteiger partial charge in [-0.25, -0.2) is 0 Å². The maximum atomic E-state index is 6.21. The maximum Gasteiger partial charge on any atom is 0.241 e. The van der Waals surface area contributed by atoms with E-state index in [1.165, 1.54) is 25.0 Å². The third-order valence-electron chi connectivity index (χ3n) is 3.40. The number of hydrogen-bond acceptors (Lipinski definition) is 1. The highest BCUT2D eigenvalue weighted by molar-refractivity contribution is 6.83. The first-order valence-corrected chi connectivity index (χ1v) is 14.8. The second-order valence-corrected chi connectivity index (χ2v) is 17.6. The molecule has 114 valence electrons. The van der Waals surface area contributed by atoms with E-state index in [0.29, 0.717) is 5.41 Å². The van der Waals surface area contributed by atoms with Gasteiger partial charge in [-0.15, -0.1) is 11.5 Å². The van der Waals surface area contributed by atoms with Gasteiger partial charge in [-0.05, 0) is 50.4 Å². The molecule has 0 radical (unpaired) electrons. The van der Waals surface area contributed by atoms with Crippen molar-refractivity contribution in [2.75, 3.05) is 0 Å². The van der Waals surface area contributed by atoms with Crippen molar-refractivity contribution in [2.45, 2.75) is 78.3 Å². The third kappa shape index (κ3) is 7.35. The molecule has 1 aliphatic carbocycles. The molecule has 0 amide bonds. The molecule has 0 aromatic carbocycles. The van der Waals surface area contributed by atoms with Crippen LogP contribution < -0.4 is 0 Å². The molecular weight excluding hydrogens is 276 g/mol. The molecule has 0 fully saturated rings. The highest BCUT2D eigenvalue weighted by Crippen LogP contribution is 2.38. The van der Waals surface area contributed by atoms with Crippen LogP contribution in [0.4, 0.5) is 0 Å². The van der Waals surface area contributed by atoms with Gasteiger partial charge in [-0.3, -0.25) is 0 Å².